The molecule has 0 aromatic heterocycles. The summed E-state index contributed by atoms with van der Waals surface area (Å²) >= 11 is 11.6. The Labute approximate surface area is 160 Å². The second kappa shape index (κ2) is 8.78. The predicted octanol–water partition coefficient (Wildman–Crippen LogP) is 6.38. The van der Waals surface area contributed by atoms with Crippen LogP contribution in [0.5, 0.6) is 0 Å². The molecule has 0 fully saturated rings. The van der Waals surface area contributed by atoms with E-state index in [4.69, 9.17) is 23.2 Å². The Hall–Kier alpha value is -1.72. The highest BCUT2D eigenvalue weighted by molar-refractivity contribution is 6.54. The van der Waals surface area contributed by atoms with E-state index in [1.54, 1.807) is 36.4 Å². The highest BCUT2D eigenvalue weighted by atomic mass is 35.5. The summed E-state index contributed by atoms with van der Waals surface area (Å²) < 4.78 is 39.3. The largest absolute Gasteiger partial charge is 0.416 e. The van der Waals surface area contributed by atoms with Gasteiger partial charge in [-0.25, -0.2) is 0 Å². The molecule has 1 atom stereocenters. The van der Waals surface area contributed by atoms with Gasteiger partial charge in [-0.3, -0.25) is 4.79 Å². The third kappa shape index (κ3) is 4.92. The van der Waals surface area contributed by atoms with Crippen LogP contribution in [-0.2, 0) is 11.0 Å². The second-order valence-electron chi connectivity index (χ2n) is 5.77. The molecule has 0 saturated carbocycles. The number of amides is 1. The molecule has 0 aliphatic carbocycles. The number of anilines is 1. The highest BCUT2D eigenvalue weighted by Crippen LogP contribution is 2.36. The Kier molecular flexibility index (Phi) is 6.95. The van der Waals surface area contributed by atoms with Gasteiger partial charge in [-0.15, -0.1) is 0 Å². The van der Waals surface area contributed by atoms with E-state index in [1.165, 1.54) is 11.0 Å². The van der Waals surface area contributed by atoms with Crippen molar-refractivity contribution in [1.82, 2.24) is 0 Å². The van der Waals surface area contributed by atoms with Crippen molar-refractivity contribution < 1.29 is 18.0 Å². The number of nitrogens with zero attached hydrogens (tertiary/aromatic N) is 1. The maximum atomic E-state index is 13.1. The summed E-state index contributed by atoms with van der Waals surface area (Å²) in [5, 5.41) is 0. The number of halogens is 5. The SMILES string of the molecule is CCCC(c1cccc(C(F)(F)F)c1)N(C(=O)C(Cl)Cl)c1ccccc1. The summed E-state index contributed by atoms with van der Waals surface area (Å²) in [6, 6.07) is 13.0. The van der Waals surface area contributed by atoms with Gasteiger partial charge in [0.25, 0.3) is 5.91 Å². The van der Waals surface area contributed by atoms with Crippen LogP contribution in [0, 0.1) is 0 Å². The van der Waals surface area contributed by atoms with E-state index < -0.39 is 28.5 Å². The van der Waals surface area contributed by atoms with E-state index in [1.807, 2.05) is 6.92 Å². The van der Waals surface area contributed by atoms with E-state index in [2.05, 4.69) is 0 Å². The molecule has 0 N–H and O–H groups in total. The van der Waals surface area contributed by atoms with Crippen LogP contribution in [0.4, 0.5) is 18.9 Å². The average molecular weight is 404 g/mol. The minimum absolute atomic E-state index is 0.382. The van der Waals surface area contributed by atoms with Crippen molar-refractivity contribution in [3.8, 4) is 0 Å². The predicted molar refractivity (Wildman–Crippen MR) is 98.5 cm³/mol. The van der Waals surface area contributed by atoms with Gasteiger partial charge < -0.3 is 4.90 Å². The smallest absolute Gasteiger partial charge is 0.303 e. The molecule has 2 nitrogen and oxygen atoms in total. The van der Waals surface area contributed by atoms with Gasteiger partial charge in [-0.2, -0.15) is 13.2 Å². The summed E-state index contributed by atoms with van der Waals surface area (Å²) in [6.07, 6.45) is -3.34. The fourth-order valence-corrected chi connectivity index (χ4v) is 3.01. The Morgan fingerprint density at radius 3 is 2.27 bits per heavy atom. The molecule has 7 heteroatoms. The van der Waals surface area contributed by atoms with Crippen LogP contribution in [0.1, 0.15) is 36.9 Å². The zero-order chi connectivity index (χ0) is 19.3. The summed E-state index contributed by atoms with van der Waals surface area (Å²) in [5.74, 6) is -0.574. The lowest BCUT2D eigenvalue weighted by Crippen LogP contribution is -2.38. The lowest BCUT2D eigenvalue weighted by Gasteiger charge is -2.33. The van der Waals surface area contributed by atoms with Gasteiger partial charge in [0.05, 0.1) is 11.6 Å². The zero-order valence-electron chi connectivity index (χ0n) is 14.0. The fourth-order valence-electron chi connectivity index (χ4n) is 2.80. The zero-order valence-corrected chi connectivity index (χ0v) is 15.5. The van der Waals surface area contributed by atoms with Crippen molar-refractivity contribution >= 4 is 34.8 Å². The third-order valence-electron chi connectivity index (χ3n) is 3.93. The number of carbonyl (C=O) groups is 1. The van der Waals surface area contributed by atoms with Crippen LogP contribution in [0.15, 0.2) is 54.6 Å². The topological polar surface area (TPSA) is 20.3 Å². The van der Waals surface area contributed by atoms with E-state index in [0.717, 1.165) is 12.1 Å². The van der Waals surface area contributed by atoms with E-state index in [-0.39, 0.29) is 0 Å². The standard InChI is InChI=1S/C19H18Cl2F3NO/c1-2-7-16(13-8-6-9-14(12-13)19(22,23)24)25(18(26)17(20)21)15-10-4-3-5-11-15/h3-6,8-12,16-17H,2,7H2,1H3. The first-order valence-corrected chi connectivity index (χ1v) is 8.96. The number of para-hydroxylation sites is 1. The van der Waals surface area contributed by atoms with E-state index >= 15 is 0 Å². The lowest BCUT2D eigenvalue weighted by molar-refractivity contribution is -0.137. The molecule has 0 spiro atoms. The second-order valence-corrected chi connectivity index (χ2v) is 6.87. The summed E-state index contributed by atoms with van der Waals surface area (Å²) in [5.41, 5.74) is 0.150. The molecule has 2 aromatic rings. The molecule has 0 radical (unpaired) electrons. The van der Waals surface area contributed by atoms with Gasteiger partial charge in [0, 0.05) is 5.69 Å². The molecule has 0 bridgehead atoms. The number of rotatable bonds is 6. The maximum Gasteiger partial charge on any atom is 0.416 e. The Morgan fingerprint density at radius 1 is 1.08 bits per heavy atom. The molecule has 0 heterocycles. The summed E-state index contributed by atoms with van der Waals surface area (Å²) in [4.78, 5) is 12.7. The van der Waals surface area contributed by atoms with Gasteiger partial charge in [0.2, 0.25) is 0 Å². The molecule has 1 unspecified atom stereocenters. The van der Waals surface area contributed by atoms with Crippen LogP contribution >= 0.6 is 23.2 Å². The van der Waals surface area contributed by atoms with Crippen LogP contribution in [0.2, 0.25) is 0 Å². The van der Waals surface area contributed by atoms with Crippen LogP contribution in [0.3, 0.4) is 0 Å². The van der Waals surface area contributed by atoms with Gasteiger partial charge >= 0.3 is 6.18 Å². The van der Waals surface area contributed by atoms with Crippen molar-refractivity contribution in [2.75, 3.05) is 4.90 Å². The van der Waals surface area contributed by atoms with E-state index in [0.29, 0.717) is 24.1 Å². The molecule has 26 heavy (non-hydrogen) atoms. The van der Waals surface area contributed by atoms with Crippen molar-refractivity contribution in [3.63, 3.8) is 0 Å². The normalized spacial score (nSPS) is 12.9. The highest BCUT2D eigenvalue weighted by Gasteiger charge is 2.33. The van der Waals surface area contributed by atoms with Gasteiger partial charge in [0.1, 0.15) is 0 Å². The van der Waals surface area contributed by atoms with E-state index in [9.17, 15) is 18.0 Å². The summed E-state index contributed by atoms with van der Waals surface area (Å²) in [6.45, 7) is 1.90. The quantitative estimate of drug-likeness (QED) is 0.512. The molecule has 2 rings (SSSR count). The minimum atomic E-state index is -4.46. The van der Waals surface area contributed by atoms with Crippen molar-refractivity contribution in [2.24, 2.45) is 0 Å². The maximum absolute atomic E-state index is 13.1. The first-order chi connectivity index (χ1) is 12.3. The molecule has 1 amide bonds. The monoisotopic (exact) mass is 403 g/mol. The number of benzene rings is 2. The summed E-state index contributed by atoms with van der Waals surface area (Å²) in [7, 11) is 0. The van der Waals surface area contributed by atoms with Gasteiger partial charge in [-0.1, -0.05) is 66.9 Å². The van der Waals surface area contributed by atoms with Gasteiger partial charge in [-0.05, 0) is 36.2 Å². The molecule has 0 aliphatic rings. The van der Waals surface area contributed by atoms with Gasteiger partial charge in [0.15, 0.2) is 4.84 Å². The molecule has 0 saturated heterocycles. The molecular formula is C19H18Cl2F3NO. The number of hydrogen-bond donors (Lipinski definition) is 0. The number of carbonyl (C=O) groups excluding carboxylic acids is 1. The first kappa shape index (κ1) is 20.6. The fraction of sp³-hybridized carbons (Fsp3) is 0.316. The van der Waals surface area contributed by atoms with Crippen LogP contribution < -0.4 is 4.90 Å². The van der Waals surface area contributed by atoms with Crippen molar-refractivity contribution in [3.05, 3.63) is 65.7 Å². The molecule has 140 valence electrons. The average Bonchev–Trinajstić information content (AvgIpc) is 2.61. The number of alkyl halides is 5. The first-order valence-electron chi connectivity index (χ1n) is 8.09. The molecule has 0 aliphatic heterocycles. The van der Waals surface area contributed by atoms with Crippen molar-refractivity contribution in [2.45, 2.75) is 36.8 Å². The Balaban J connectivity index is 2.55. The number of hydrogen-bond acceptors (Lipinski definition) is 1. The van der Waals surface area contributed by atoms with Crippen LogP contribution in [0.25, 0.3) is 0 Å². The van der Waals surface area contributed by atoms with Crippen molar-refractivity contribution in [1.29, 1.82) is 0 Å². The molecular weight excluding hydrogens is 386 g/mol. The Morgan fingerprint density at radius 2 is 1.73 bits per heavy atom. The Bertz CT molecular complexity index is 735. The lowest BCUT2D eigenvalue weighted by atomic mass is 9.97. The minimum Gasteiger partial charge on any atom is -0.303 e. The molecule has 2 aromatic carbocycles. The van der Waals surface area contributed by atoms with Crippen LogP contribution in [-0.4, -0.2) is 10.7 Å². The third-order valence-corrected chi connectivity index (χ3v) is 4.30.